The molecule has 0 fully saturated rings. The highest BCUT2D eigenvalue weighted by Crippen LogP contribution is 2.40. The smallest absolute Gasteiger partial charge is 0.407 e. The second-order valence-electron chi connectivity index (χ2n) is 12.9. The predicted octanol–water partition coefficient (Wildman–Crippen LogP) is 5.64. The third kappa shape index (κ3) is 8.72. The number of aromatic nitrogens is 1. The predicted molar refractivity (Wildman–Crippen MR) is 177 cm³/mol. The largest absolute Gasteiger partial charge is 0.488 e. The van der Waals surface area contributed by atoms with Crippen LogP contribution in [0.15, 0.2) is 71.9 Å². The number of benzene rings is 2. The van der Waals surface area contributed by atoms with Crippen molar-refractivity contribution in [1.29, 1.82) is 0 Å². The third-order valence-corrected chi connectivity index (χ3v) is 14.3. The number of rotatable bonds is 12. The third-order valence-electron chi connectivity index (χ3n) is 8.47. The maximum Gasteiger partial charge on any atom is 0.407 e. The summed E-state index contributed by atoms with van der Waals surface area (Å²) in [4.78, 5) is 29.9. The molecule has 2 heterocycles. The van der Waals surface area contributed by atoms with Gasteiger partial charge in [-0.3, -0.25) is 9.78 Å². The number of hydrogen-bond donors (Lipinski definition) is 2. The van der Waals surface area contributed by atoms with Gasteiger partial charge in [0.2, 0.25) is 0 Å². The molecule has 0 saturated carbocycles. The zero-order valence-electron chi connectivity index (χ0n) is 27.1. The summed E-state index contributed by atoms with van der Waals surface area (Å²) in [6.45, 7) is 10.7. The molecule has 2 amide bonds. The summed E-state index contributed by atoms with van der Waals surface area (Å²) in [5.41, 5.74) is 3.21. The summed E-state index contributed by atoms with van der Waals surface area (Å²) in [6, 6.07) is 15.7. The first-order valence-electron chi connectivity index (χ1n) is 15.1. The lowest BCUT2D eigenvalue weighted by Crippen LogP contribution is -2.46. The molecule has 1 aliphatic heterocycles. The van der Waals surface area contributed by atoms with E-state index in [1.54, 1.807) is 24.5 Å². The Morgan fingerprint density at radius 1 is 1.13 bits per heavy atom. The Balaban J connectivity index is 1.49. The number of carboxylic acid groups (broad SMARTS) is 1. The second kappa shape index (κ2) is 14.3. The Bertz CT molecular complexity index is 1640. The number of sulfonamides is 1. The molecule has 0 unspecified atom stereocenters. The van der Waals surface area contributed by atoms with Gasteiger partial charge < -0.3 is 23.9 Å². The van der Waals surface area contributed by atoms with Gasteiger partial charge >= 0.3 is 6.09 Å². The number of carbonyl (C=O) groups is 2. The molecule has 0 bridgehead atoms. The molecule has 3 aromatic rings. The molecule has 248 valence electrons. The average molecular weight is 670 g/mol. The summed E-state index contributed by atoms with van der Waals surface area (Å²) >= 11 is 0. The van der Waals surface area contributed by atoms with Gasteiger partial charge in [-0.05, 0) is 83.6 Å². The van der Waals surface area contributed by atoms with E-state index in [-0.39, 0.29) is 35.7 Å². The fourth-order valence-corrected chi connectivity index (χ4v) is 7.24. The van der Waals surface area contributed by atoms with Crippen LogP contribution in [0, 0.1) is 0 Å². The maximum absolute atomic E-state index is 12.7. The van der Waals surface area contributed by atoms with E-state index in [0.29, 0.717) is 24.2 Å². The van der Waals surface area contributed by atoms with Crippen LogP contribution in [0.25, 0.3) is 11.1 Å². The highest BCUT2D eigenvalue weighted by Gasteiger charge is 2.40. The van der Waals surface area contributed by atoms with Crippen molar-refractivity contribution in [3.8, 4) is 16.9 Å². The zero-order valence-corrected chi connectivity index (χ0v) is 29.0. The number of hydrogen-bond acceptors (Lipinski definition) is 8. The standard InChI is InChI=1S/C33H43N3O8SSi/c1-33(2,3)46(5,6)44-30(26-10-8-16-34-19-26)21-36(32(38)39)20-27-14-12-25-17-24(13-15-29(25)43-27)23-9-7-11-28(18-23)45(40,41)35-31(37)22-42-4/h7-11,13,15-19,27,30H,12,14,20-22H2,1-6H3,(H,35,37)(H,38,39)/t27-,30+/m0/s1. The Kier molecular flexibility index (Phi) is 10.9. The summed E-state index contributed by atoms with van der Waals surface area (Å²) in [7, 11) is -5.01. The number of fused-ring (bicyclic) bond motifs is 1. The number of nitrogens with zero attached hydrogens (tertiary/aromatic N) is 2. The molecule has 0 aliphatic carbocycles. The molecule has 11 nitrogen and oxygen atoms in total. The SMILES string of the molecule is COCC(=O)NS(=O)(=O)c1cccc(-c2ccc3c(c2)CC[C@@H](CN(C[C@@H](O[Si](C)(C)C(C)(C)C)c2cccnc2)C(=O)O)O3)c1. The van der Waals surface area contributed by atoms with Gasteiger partial charge in [0.1, 0.15) is 18.5 Å². The van der Waals surface area contributed by atoms with Crippen molar-refractivity contribution in [3.05, 3.63) is 78.1 Å². The highest BCUT2D eigenvalue weighted by molar-refractivity contribution is 7.90. The van der Waals surface area contributed by atoms with Crippen LogP contribution in [-0.2, 0) is 30.4 Å². The molecule has 2 N–H and O–H groups in total. The zero-order chi connectivity index (χ0) is 33.7. The number of aryl methyl sites for hydroxylation is 1. The summed E-state index contributed by atoms with van der Waals surface area (Å²) in [5.74, 6) is -0.104. The Hall–Kier alpha value is -3.78. The van der Waals surface area contributed by atoms with E-state index in [4.69, 9.17) is 13.9 Å². The van der Waals surface area contributed by atoms with Gasteiger partial charge in [0.05, 0.1) is 24.1 Å². The number of carbonyl (C=O) groups excluding carboxylic acids is 1. The van der Waals surface area contributed by atoms with Crippen LogP contribution in [0.3, 0.4) is 0 Å². The second-order valence-corrected chi connectivity index (χ2v) is 19.4. The molecule has 1 aliphatic rings. The van der Waals surface area contributed by atoms with Crippen molar-refractivity contribution in [2.45, 2.75) is 68.8 Å². The van der Waals surface area contributed by atoms with Crippen molar-refractivity contribution in [3.63, 3.8) is 0 Å². The van der Waals surface area contributed by atoms with E-state index in [1.807, 2.05) is 35.1 Å². The Morgan fingerprint density at radius 2 is 1.87 bits per heavy atom. The van der Waals surface area contributed by atoms with Gasteiger partial charge in [-0.2, -0.15) is 0 Å². The van der Waals surface area contributed by atoms with E-state index in [1.165, 1.54) is 24.1 Å². The summed E-state index contributed by atoms with van der Waals surface area (Å²) in [6.07, 6.45) is 2.78. The van der Waals surface area contributed by atoms with Crippen molar-refractivity contribution in [2.24, 2.45) is 0 Å². The summed E-state index contributed by atoms with van der Waals surface area (Å²) < 4.78 is 45.1. The number of ether oxygens (including phenoxy) is 2. The lowest BCUT2D eigenvalue weighted by Gasteiger charge is -2.40. The van der Waals surface area contributed by atoms with Crippen LogP contribution >= 0.6 is 0 Å². The highest BCUT2D eigenvalue weighted by atomic mass is 32.2. The molecule has 4 rings (SSSR count). The van der Waals surface area contributed by atoms with Crippen molar-refractivity contribution >= 4 is 30.3 Å². The molecule has 46 heavy (non-hydrogen) atoms. The molecular formula is C33H43N3O8SSi. The molecule has 2 atom stereocenters. The monoisotopic (exact) mass is 669 g/mol. The van der Waals surface area contributed by atoms with E-state index >= 15 is 0 Å². The number of pyridine rings is 1. The van der Waals surface area contributed by atoms with Crippen LogP contribution in [-0.4, -0.2) is 76.6 Å². The molecule has 13 heteroatoms. The van der Waals surface area contributed by atoms with Gasteiger partial charge in [-0.1, -0.05) is 45.0 Å². The molecule has 1 aromatic heterocycles. The van der Waals surface area contributed by atoms with Crippen molar-refractivity contribution in [2.75, 3.05) is 26.8 Å². The normalized spacial score (nSPS) is 15.7. The van der Waals surface area contributed by atoms with Gasteiger partial charge in [0, 0.05) is 19.5 Å². The van der Waals surface area contributed by atoms with Crippen molar-refractivity contribution in [1.82, 2.24) is 14.6 Å². The fourth-order valence-electron chi connectivity index (χ4n) is 4.95. The molecular weight excluding hydrogens is 627 g/mol. The van der Waals surface area contributed by atoms with Crippen molar-refractivity contribution < 1.29 is 37.0 Å². The Morgan fingerprint density at radius 3 is 2.52 bits per heavy atom. The molecule has 0 spiro atoms. The number of methoxy groups -OCH3 is 1. The molecule has 2 aromatic carbocycles. The quantitative estimate of drug-likeness (QED) is 0.234. The number of amides is 2. The van der Waals surface area contributed by atoms with E-state index in [9.17, 15) is 23.1 Å². The van der Waals surface area contributed by atoms with Crippen LogP contribution < -0.4 is 9.46 Å². The maximum atomic E-state index is 12.7. The first kappa shape index (κ1) is 35.1. The summed E-state index contributed by atoms with van der Waals surface area (Å²) in [5, 5.41) is 10.1. The lowest BCUT2D eigenvalue weighted by atomic mass is 9.97. The van der Waals surface area contributed by atoms with E-state index in [0.717, 1.165) is 16.7 Å². The minimum absolute atomic E-state index is 0.0422. The number of nitrogens with one attached hydrogen (secondary N) is 1. The van der Waals surface area contributed by atoms with Gasteiger partial charge in [-0.25, -0.2) is 17.9 Å². The van der Waals surface area contributed by atoms with Crippen LogP contribution in [0.4, 0.5) is 4.79 Å². The Labute approximate surface area is 272 Å². The molecule has 0 radical (unpaired) electrons. The topological polar surface area (TPSA) is 144 Å². The van der Waals surface area contributed by atoms with Gasteiger partial charge in [0.15, 0.2) is 8.32 Å². The fraction of sp³-hybridized carbons (Fsp3) is 0.424. The minimum Gasteiger partial charge on any atom is -0.488 e. The van der Waals surface area contributed by atoms with E-state index in [2.05, 4.69) is 38.8 Å². The molecule has 0 saturated heterocycles. The minimum atomic E-state index is -4.07. The average Bonchev–Trinajstić information content (AvgIpc) is 2.99. The van der Waals surface area contributed by atoms with Crippen LogP contribution in [0.2, 0.25) is 18.1 Å². The first-order valence-corrected chi connectivity index (χ1v) is 19.5. The van der Waals surface area contributed by atoms with Gasteiger partial charge in [-0.15, -0.1) is 0 Å². The first-order chi connectivity index (χ1) is 21.6. The van der Waals surface area contributed by atoms with E-state index < -0.39 is 36.4 Å². The van der Waals surface area contributed by atoms with Crippen LogP contribution in [0.5, 0.6) is 5.75 Å². The lowest BCUT2D eigenvalue weighted by molar-refractivity contribution is -0.122. The van der Waals surface area contributed by atoms with Gasteiger partial charge in [0.25, 0.3) is 15.9 Å². The van der Waals surface area contributed by atoms with Crippen LogP contribution in [0.1, 0.15) is 44.4 Å².